The van der Waals surface area contributed by atoms with Crippen molar-refractivity contribution in [3.05, 3.63) is 20.9 Å². The van der Waals surface area contributed by atoms with E-state index in [1.807, 2.05) is 6.92 Å². The van der Waals surface area contributed by atoms with Crippen LogP contribution in [0.5, 0.6) is 0 Å². The zero-order chi connectivity index (χ0) is 15.0. The molecule has 2 aromatic heterocycles. The number of nitrogen functional groups attached to an aromatic ring is 1. The maximum atomic E-state index is 12.6. The smallest absolute Gasteiger partial charge is 0.347 e. The molecule has 0 spiro atoms. The van der Waals surface area contributed by atoms with E-state index in [0.29, 0.717) is 47.2 Å². The van der Waals surface area contributed by atoms with Crippen LogP contribution in [-0.4, -0.2) is 47.1 Å². The van der Waals surface area contributed by atoms with Crippen LogP contribution in [0.4, 0.5) is 5.82 Å². The molecule has 3 heterocycles. The molecule has 21 heavy (non-hydrogen) atoms. The number of ether oxygens (including phenoxy) is 1. The van der Waals surface area contributed by atoms with E-state index in [2.05, 4.69) is 15.4 Å². The molecule has 0 aliphatic carbocycles. The SMILES string of the molecule is Cc1c(C(=O)N2CCOCC2)sc2nc(=O)[nH]c(NN)c12. The highest BCUT2D eigenvalue weighted by Gasteiger charge is 2.24. The van der Waals surface area contributed by atoms with Crippen molar-refractivity contribution >= 4 is 33.3 Å². The van der Waals surface area contributed by atoms with Crippen molar-refractivity contribution in [2.75, 3.05) is 31.7 Å². The van der Waals surface area contributed by atoms with E-state index in [4.69, 9.17) is 10.6 Å². The van der Waals surface area contributed by atoms with E-state index in [1.165, 1.54) is 11.3 Å². The highest BCUT2D eigenvalue weighted by atomic mass is 32.1. The Labute approximate surface area is 123 Å². The Kier molecular flexibility index (Phi) is 3.62. The van der Waals surface area contributed by atoms with Crippen LogP contribution in [0.2, 0.25) is 0 Å². The monoisotopic (exact) mass is 309 g/mol. The molecule has 1 fully saturated rings. The zero-order valence-corrected chi connectivity index (χ0v) is 12.2. The summed E-state index contributed by atoms with van der Waals surface area (Å²) < 4.78 is 5.25. The highest BCUT2D eigenvalue weighted by molar-refractivity contribution is 7.20. The fraction of sp³-hybridized carbons (Fsp3) is 0.417. The number of carbonyl (C=O) groups is 1. The molecule has 9 heteroatoms. The zero-order valence-electron chi connectivity index (χ0n) is 11.4. The number of anilines is 1. The molecular formula is C12H15N5O3S. The Morgan fingerprint density at radius 1 is 1.48 bits per heavy atom. The van der Waals surface area contributed by atoms with Gasteiger partial charge in [-0.05, 0) is 12.5 Å². The van der Waals surface area contributed by atoms with E-state index in [1.54, 1.807) is 4.90 Å². The Morgan fingerprint density at radius 3 is 2.86 bits per heavy atom. The van der Waals surface area contributed by atoms with Crippen molar-refractivity contribution in [2.45, 2.75) is 6.92 Å². The number of hydrogen-bond acceptors (Lipinski definition) is 7. The summed E-state index contributed by atoms with van der Waals surface area (Å²) in [6.45, 7) is 4.05. The molecule has 4 N–H and O–H groups in total. The van der Waals surface area contributed by atoms with Gasteiger partial charge < -0.3 is 15.1 Å². The number of nitrogens with zero attached hydrogens (tertiary/aromatic N) is 2. The molecule has 1 saturated heterocycles. The third-order valence-electron chi connectivity index (χ3n) is 3.45. The molecule has 0 unspecified atom stereocenters. The number of amides is 1. The van der Waals surface area contributed by atoms with Gasteiger partial charge >= 0.3 is 5.69 Å². The third kappa shape index (κ3) is 2.39. The molecule has 0 aromatic carbocycles. The Balaban J connectivity index is 2.09. The number of H-pyrrole nitrogens is 1. The van der Waals surface area contributed by atoms with E-state index in [9.17, 15) is 9.59 Å². The number of aromatic nitrogens is 2. The van der Waals surface area contributed by atoms with E-state index < -0.39 is 5.69 Å². The van der Waals surface area contributed by atoms with Gasteiger partial charge in [0, 0.05) is 13.1 Å². The quantitative estimate of drug-likeness (QED) is 0.533. The number of thiophene rings is 1. The van der Waals surface area contributed by atoms with Gasteiger partial charge in [0.15, 0.2) is 0 Å². The summed E-state index contributed by atoms with van der Waals surface area (Å²) in [5.74, 6) is 5.74. The second-order valence-corrected chi connectivity index (χ2v) is 5.70. The van der Waals surface area contributed by atoms with Crippen LogP contribution in [0.3, 0.4) is 0 Å². The van der Waals surface area contributed by atoms with Gasteiger partial charge in [-0.2, -0.15) is 4.98 Å². The summed E-state index contributed by atoms with van der Waals surface area (Å²) in [5.41, 5.74) is 2.72. The number of fused-ring (bicyclic) bond motifs is 1. The number of hydrogen-bond donors (Lipinski definition) is 3. The normalized spacial score (nSPS) is 15.4. The minimum absolute atomic E-state index is 0.0609. The molecule has 1 aliphatic rings. The second kappa shape index (κ2) is 5.43. The maximum Gasteiger partial charge on any atom is 0.347 e. The summed E-state index contributed by atoms with van der Waals surface area (Å²) >= 11 is 1.21. The minimum Gasteiger partial charge on any atom is -0.378 e. The summed E-state index contributed by atoms with van der Waals surface area (Å²) in [5, 5.41) is 0.679. The topological polar surface area (TPSA) is 113 Å². The van der Waals surface area contributed by atoms with E-state index in [-0.39, 0.29) is 5.91 Å². The summed E-state index contributed by atoms with van der Waals surface area (Å²) in [6.07, 6.45) is 0. The van der Waals surface area contributed by atoms with Gasteiger partial charge in [0.2, 0.25) is 0 Å². The molecular weight excluding hydrogens is 294 g/mol. The number of nitrogens with one attached hydrogen (secondary N) is 2. The molecule has 2 aromatic rings. The second-order valence-electron chi connectivity index (χ2n) is 4.70. The summed E-state index contributed by atoms with van der Waals surface area (Å²) in [4.78, 5) is 33.3. The number of hydrazine groups is 1. The molecule has 112 valence electrons. The standard InChI is InChI=1S/C12H15N5O3S/c1-6-7-9(16-13)14-12(19)15-10(7)21-8(6)11(18)17-2-4-20-5-3-17/h2-5,13H2,1H3,(H2,14,15,16,19). The molecule has 1 amide bonds. The van der Waals surface area contributed by atoms with Crippen molar-refractivity contribution in [1.29, 1.82) is 0 Å². The predicted octanol–water partition coefficient (Wildman–Crippen LogP) is 0.0510. The fourth-order valence-electron chi connectivity index (χ4n) is 2.38. The maximum absolute atomic E-state index is 12.6. The highest BCUT2D eigenvalue weighted by Crippen LogP contribution is 2.33. The molecule has 0 bridgehead atoms. The Bertz CT molecular complexity index is 747. The minimum atomic E-state index is -0.498. The first-order valence-electron chi connectivity index (χ1n) is 6.49. The molecule has 0 atom stereocenters. The number of carbonyl (C=O) groups excluding carboxylic acids is 1. The van der Waals surface area contributed by atoms with Gasteiger partial charge in [-0.1, -0.05) is 0 Å². The van der Waals surface area contributed by atoms with Crippen LogP contribution < -0.4 is 17.0 Å². The number of nitrogens with two attached hydrogens (primary N) is 1. The number of rotatable bonds is 2. The lowest BCUT2D eigenvalue weighted by atomic mass is 10.2. The molecule has 8 nitrogen and oxygen atoms in total. The van der Waals surface area contributed by atoms with Crippen LogP contribution in [0.15, 0.2) is 4.79 Å². The summed E-state index contributed by atoms with van der Waals surface area (Å²) in [7, 11) is 0. The average Bonchev–Trinajstić information content (AvgIpc) is 2.83. The molecule has 1 aliphatic heterocycles. The lowest BCUT2D eigenvalue weighted by Crippen LogP contribution is -2.40. The van der Waals surface area contributed by atoms with Gasteiger partial charge in [-0.3, -0.25) is 9.78 Å². The van der Waals surface area contributed by atoms with Crippen LogP contribution >= 0.6 is 11.3 Å². The van der Waals surface area contributed by atoms with Gasteiger partial charge in [0.1, 0.15) is 10.6 Å². The molecule has 3 rings (SSSR count). The molecule has 0 radical (unpaired) electrons. The van der Waals surface area contributed by atoms with Crippen molar-refractivity contribution in [3.63, 3.8) is 0 Å². The lowest BCUT2D eigenvalue weighted by Gasteiger charge is -2.26. The fourth-order valence-corrected chi connectivity index (χ4v) is 3.53. The predicted molar refractivity (Wildman–Crippen MR) is 79.5 cm³/mol. The summed E-state index contributed by atoms with van der Waals surface area (Å²) in [6, 6.07) is 0. The first-order chi connectivity index (χ1) is 10.1. The van der Waals surface area contributed by atoms with Gasteiger partial charge in [-0.15, -0.1) is 11.3 Å². The van der Waals surface area contributed by atoms with Gasteiger partial charge in [-0.25, -0.2) is 10.6 Å². The Hall–Kier alpha value is -1.97. The third-order valence-corrected chi connectivity index (χ3v) is 4.62. The van der Waals surface area contributed by atoms with E-state index >= 15 is 0 Å². The van der Waals surface area contributed by atoms with Gasteiger partial charge in [0.05, 0.1) is 23.5 Å². The first kappa shape index (κ1) is 14.0. The number of aryl methyl sites for hydroxylation is 1. The lowest BCUT2D eigenvalue weighted by molar-refractivity contribution is 0.0306. The largest absolute Gasteiger partial charge is 0.378 e. The Morgan fingerprint density at radius 2 is 2.19 bits per heavy atom. The van der Waals surface area contributed by atoms with Crippen LogP contribution in [0.1, 0.15) is 15.2 Å². The van der Waals surface area contributed by atoms with Crippen molar-refractivity contribution in [2.24, 2.45) is 5.84 Å². The van der Waals surface area contributed by atoms with Crippen molar-refractivity contribution < 1.29 is 9.53 Å². The van der Waals surface area contributed by atoms with Crippen molar-refractivity contribution in [1.82, 2.24) is 14.9 Å². The van der Waals surface area contributed by atoms with Crippen LogP contribution in [-0.2, 0) is 4.74 Å². The molecule has 0 saturated carbocycles. The van der Waals surface area contributed by atoms with Crippen LogP contribution in [0, 0.1) is 6.92 Å². The first-order valence-corrected chi connectivity index (χ1v) is 7.30. The van der Waals surface area contributed by atoms with Crippen LogP contribution in [0.25, 0.3) is 10.2 Å². The van der Waals surface area contributed by atoms with E-state index in [0.717, 1.165) is 5.56 Å². The number of aromatic amines is 1. The van der Waals surface area contributed by atoms with Gasteiger partial charge in [0.25, 0.3) is 5.91 Å². The number of morpholine rings is 1. The average molecular weight is 309 g/mol. The van der Waals surface area contributed by atoms with Crippen molar-refractivity contribution in [3.8, 4) is 0 Å².